The van der Waals surface area contributed by atoms with Gasteiger partial charge in [-0.05, 0) is 29.3 Å². The average molecular weight is 387 g/mol. The molecule has 4 nitrogen and oxygen atoms in total. The molecule has 0 saturated carbocycles. The second-order valence-electron chi connectivity index (χ2n) is 6.01. The first-order chi connectivity index (χ1) is 12.6. The van der Waals surface area contributed by atoms with Gasteiger partial charge in [-0.15, -0.1) is 11.3 Å². The maximum Gasteiger partial charge on any atom is 0.246 e. The molecule has 0 fully saturated rings. The number of rotatable bonds is 4. The number of nitrogens with zero attached hydrogens (tertiary/aromatic N) is 1. The van der Waals surface area contributed by atoms with Crippen molar-refractivity contribution in [3.8, 4) is 0 Å². The molecule has 1 atom stereocenters. The van der Waals surface area contributed by atoms with Gasteiger partial charge in [0.2, 0.25) is 11.6 Å². The number of thiophene rings is 1. The number of nitrogens with one attached hydrogen (secondary N) is 1. The summed E-state index contributed by atoms with van der Waals surface area (Å²) >= 11 is 7.83. The van der Waals surface area contributed by atoms with Crippen molar-refractivity contribution in [2.75, 3.05) is 13.6 Å². The van der Waals surface area contributed by atoms with Gasteiger partial charge >= 0.3 is 0 Å². The Balaban J connectivity index is 2.13. The maximum absolute atomic E-state index is 12.3. The highest BCUT2D eigenvalue weighted by molar-refractivity contribution is 7.16. The van der Waals surface area contributed by atoms with Gasteiger partial charge in [0, 0.05) is 35.2 Å². The number of fused-ring (bicyclic) bond motifs is 1. The first kappa shape index (κ1) is 18.4. The van der Waals surface area contributed by atoms with Gasteiger partial charge in [0.1, 0.15) is 7.05 Å². The summed E-state index contributed by atoms with van der Waals surface area (Å²) in [6.07, 6.45) is 4.73. The summed E-state index contributed by atoms with van der Waals surface area (Å²) in [5.41, 5.74) is 9.92. The molecular weight excluding hydrogens is 366 g/mol. The number of allylic oxidation sites excluding steroid dienone is 1. The van der Waals surface area contributed by atoms with Crippen molar-refractivity contribution in [2.45, 2.75) is 12.5 Å². The molecule has 1 amide bonds. The van der Waals surface area contributed by atoms with Crippen LogP contribution in [0, 0.1) is 0 Å². The van der Waals surface area contributed by atoms with E-state index in [4.69, 9.17) is 17.3 Å². The third kappa shape index (κ3) is 3.45. The van der Waals surface area contributed by atoms with E-state index < -0.39 is 0 Å². The summed E-state index contributed by atoms with van der Waals surface area (Å²) in [6, 6.07) is 10.2. The Labute approximate surface area is 162 Å². The Kier molecular flexibility index (Phi) is 5.59. The average Bonchev–Trinajstić information content (AvgIpc) is 3.04. The molecule has 3 N–H and O–H groups in total. The molecule has 1 aromatic carbocycles. The molecule has 3 rings (SSSR count). The molecule has 6 heteroatoms. The van der Waals surface area contributed by atoms with Crippen LogP contribution in [0.15, 0.2) is 55.3 Å². The lowest BCUT2D eigenvalue weighted by Gasteiger charge is -2.33. The number of carbonyl (C=O) groups is 1. The topological polar surface area (TPSA) is 60.3 Å². The second kappa shape index (κ2) is 7.89. The van der Waals surface area contributed by atoms with Crippen LogP contribution in [-0.4, -0.2) is 30.1 Å². The molecule has 0 aliphatic carbocycles. The van der Waals surface area contributed by atoms with Crippen LogP contribution in [0.3, 0.4) is 0 Å². The van der Waals surface area contributed by atoms with Crippen LogP contribution >= 0.6 is 22.9 Å². The standard InChI is InChI=1S/C20H20ClN3OS/c1-3-20(25)24-11-16(15-10-19(21)26-18(15)12-24)13-6-4-5-7-14(13)17(23-2)8-9-22/h3-10,16H,1,11-12,22H2,2H3/p+1/b9-8-,23-17?/t16-/m0/s1. The van der Waals surface area contributed by atoms with E-state index in [1.165, 1.54) is 29.2 Å². The quantitative estimate of drug-likeness (QED) is 0.624. The van der Waals surface area contributed by atoms with Crippen LogP contribution in [0.25, 0.3) is 0 Å². The lowest BCUT2D eigenvalue weighted by molar-refractivity contribution is -0.418. The van der Waals surface area contributed by atoms with E-state index in [1.807, 2.05) is 36.2 Å². The van der Waals surface area contributed by atoms with Crippen molar-refractivity contribution < 1.29 is 9.79 Å². The van der Waals surface area contributed by atoms with Crippen molar-refractivity contribution in [3.63, 3.8) is 0 Å². The summed E-state index contributed by atoms with van der Waals surface area (Å²) in [6.45, 7) is 4.79. The number of nitrogens with two attached hydrogens (primary N) is 1. The highest BCUT2D eigenvalue weighted by Gasteiger charge is 2.32. The summed E-state index contributed by atoms with van der Waals surface area (Å²) in [7, 11) is 1.87. The minimum atomic E-state index is -0.0673. The van der Waals surface area contributed by atoms with E-state index in [1.54, 1.807) is 0 Å². The fraction of sp³-hybridized carbons (Fsp3) is 0.200. The number of halogens is 1. The van der Waals surface area contributed by atoms with E-state index in [2.05, 4.69) is 23.7 Å². The number of amides is 1. The Morgan fingerprint density at radius 3 is 2.88 bits per heavy atom. The van der Waals surface area contributed by atoms with Crippen LogP contribution in [-0.2, 0) is 11.3 Å². The third-order valence-corrected chi connectivity index (χ3v) is 5.83. The summed E-state index contributed by atoms with van der Waals surface area (Å²) in [5.74, 6) is -0.0283. The third-order valence-electron chi connectivity index (χ3n) is 4.57. The smallest absolute Gasteiger partial charge is 0.246 e. The fourth-order valence-corrected chi connectivity index (χ4v) is 4.75. The molecule has 1 aromatic heterocycles. The Bertz CT molecular complexity index is 900. The Morgan fingerprint density at radius 2 is 2.19 bits per heavy atom. The van der Waals surface area contributed by atoms with E-state index in [-0.39, 0.29) is 11.8 Å². The second-order valence-corrected chi connectivity index (χ2v) is 7.78. The maximum atomic E-state index is 12.3. The number of hydrogen-bond acceptors (Lipinski definition) is 3. The number of hydrogen-bond donors (Lipinski definition) is 2. The molecule has 1 aliphatic rings. The van der Waals surface area contributed by atoms with Gasteiger partial charge in [-0.1, -0.05) is 36.4 Å². The highest BCUT2D eigenvalue weighted by atomic mass is 35.5. The minimum Gasteiger partial charge on any atom is -0.404 e. The van der Waals surface area contributed by atoms with Gasteiger partial charge in [-0.2, -0.15) is 0 Å². The monoisotopic (exact) mass is 386 g/mol. The summed E-state index contributed by atoms with van der Waals surface area (Å²) in [4.78, 5) is 18.4. The number of carbonyl (C=O) groups excluding carboxylic acids is 1. The summed E-state index contributed by atoms with van der Waals surface area (Å²) in [5, 5.41) is 0. The van der Waals surface area contributed by atoms with E-state index in [9.17, 15) is 4.79 Å². The van der Waals surface area contributed by atoms with Crippen LogP contribution in [0.1, 0.15) is 27.5 Å². The molecule has 2 heterocycles. The first-order valence-corrected chi connectivity index (χ1v) is 9.50. The fourth-order valence-electron chi connectivity index (χ4n) is 3.40. The van der Waals surface area contributed by atoms with Gasteiger partial charge in [-0.25, -0.2) is 4.99 Å². The molecule has 0 unspecified atom stereocenters. The van der Waals surface area contributed by atoms with Crippen molar-refractivity contribution in [1.82, 2.24) is 4.90 Å². The predicted molar refractivity (Wildman–Crippen MR) is 108 cm³/mol. The molecule has 2 aromatic rings. The zero-order chi connectivity index (χ0) is 18.7. The SMILES string of the molecule is C=CC(=O)N1Cc2sc(Cl)cc2[C@H](c2ccccc2C(/C=C\N)=[NH+]C)C1. The van der Waals surface area contributed by atoms with E-state index in [0.29, 0.717) is 13.1 Å². The van der Waals surface area contributed by atoms with Gasteiger partial charge in [0.25, 0.3) is 0 Å². The van der Waals surface area contributed by atoms with Crippen molar-refractivity contribution in [1.29, 1.82) is 0 Å². The van der Waals surface area contributed by atoms with Crippen LogP contribution < -0.4 is 10.7 Å². The normalized spacial score (nSPS) is 17.4. The minimum absolute atomic E-state index is 0.0390. The molecule has 0 spiro atoms. The van der Waals surface area contributed by atoms with Crippen molar-refractivity contribution in [2.24, 2.45) is 5.73 Å². The zero-order valence-electron chi connectivity index (χ0n) is 14.5. The first-order valence-electron chi connectivity index (χ1n) is 8.30. The van der Waals surface area contributed by atoms with Crippen molar-refractivity contribution >= 4 is 34.6 Å². The van der Waals surface area contributed by atoms with Gasteiger partial charge in [0.05, 0.1) is 10.9 Å². The zero-order valence-corrected chi connectivity index (χ0v) is 16.1. The van der Waals surface area contributed by atoms with Crippen LogP contribution in [0.4, 0.5) is 0 Å². The Hall–Kier alpha value is -2.37. The van der Waals surface area contributed by atoms with Crippen LogP contribution in [0.2, 0.25) is 4.34 Å². The summed E-state index contributed by atoms with van der Waals surface area (Å²) < 4.78 is 0.741. The lowest BCUT2D eigenvalue weighted by atomic mass is 9.84. The Morgan fingerprint density at radius 1 is 1.42 bits per heavy atom. The van der Waals surface area contributed by atoms with Gasteiger partial charge in [-0.3, -0.25) is 4.79 Å². The lowest BCUT2D eigenvalue weighted by Crippen LogP contribution is -2.67. The highest BCUT2D eigenvalue weighted by Crippen LogP contribution is 2.41. The molecule has 1 aliphatic heterocycles. The van der Waals surface area contributed by atoms with Gasteiger partial charge in [0.15, 0.2) is 0 Å². The molecular formula is C20H21ClN3OS+. The molecule has 134 valence electrons. The van der Waals surface area contributed by atoms with Gasteiger partial charge < -0.3 is 10.6 Å². The molecule has 0 saturated heterocycles. The predicted octanol–water partition coefficient (Wildman–Crippen LogP) is 2.03. The molecule has 0 bridgehead atoms. The van der Waals surface area contributed by atoms with E-state index in [0.717, 1.165) is 26.1 Å². The number of benzene rings is 1. The van der Waals surface area contributed by atoms with Crippen molar-refractivity contribution in [3.05, 3.63) is 81.2 Å². The van der Waals surface area contributed by atoms with Crippen LogP contribution in [0.5, 0.6) is 0 Å². The molecule has 26 heavy (non-hydrogen) atoms. The van der Waals surface area contributed by atoms with E-state index >= 15 is 0 Å². The largest absolute Gasteiger partial charge is 0.404 e. The molecule has 0 radical (unpaired) electrons.